The van der Waals surface area contributed by atoms with Crippen LogP contribution in [0.15, 0.2) is 30.3 Å². The average Bonchev–Trinajstić information content (AvgIpc) is 2.69. The molecule has 0 heterocycles. The second-order valence-electron chi connectivity index (χ2n) is 7.53. The zero-order chi connectivity index (χ0) is 21.4. The number of aromatic hydroxyl groups is 3. The van der Waals surface area contributed by atoms with Gasteiger partial charge < -0.3 is 25.0 Å². The van der Waals surface area contributed by atoms with Crippen LogP contribution in [-0.4, -0.2) is 53.8 Å². The van der Waals surface area contributed by atoms with Gasteiger partial charge in [0.05, 0.1) is 7.11 Å². The number of benzene rings is 2. The molecule has 0 saturated heterocycles. The minimum Gasteiger partial charge on any atom is -0.508 e. The summed E-state index contributed by atoms with van der Waals surface area (Å²) in [5.74, 6) is 0.237. The summed E-state index contributed by atoms with van der Waals surface area (Å²) in [6, 6.07) is 8.48. The second-order valence-corrected chi connectivity index (χ2v) is 7.53. The maximum Gasteiger partial charge on any atom is 0.200 e. The van der Waals surface area contributed by atoms with Crippen molar-refractivity contribution >= 4 is 5.78 Å². The molecule has 0 aliphatic carbocycles. The highest BCUT2D eigenvalue weighted by Gasteiger charge is 2.18. The first-order valence-electron chi connectivity index (χ1n) is 9.86. The molecular weight excluding hydrogens is 370 g/mol. The Kier molecular flexibility index (Phi) is 8.34. The molecule has 0 radical (unpaired) electrons. The van der Waals surface area contributed by atoms with E-state index in [0.717, 1.165) is 23.2 Å². The maximum atomic E-state index is 12.3. The van der Waals surface area contributed by atoms with Crippen LogP contribution in [0.25, 0.3) is 0 Å². The number of methoxy groups -OCH3 is 1. The van der Waals surface area contributed by atoms with E-state index in [1.807, 2.05) is 31.1 Å². The lowest BCUT2D eigenvalue weighted by molar-refractivity contribution is -0.119. The van der Waals surface area contributed by atoms with Crippen LogP contribution in [0, 0.1) is 0 Å². The van der Waals surface area contributed by atoms with Crippen LogP contribution in [0.2, 0.25) is 0 Å². The van der Waals surface area contributed by atoms with Crippen molar-refractivity contribution < 1.29 is 24.9 Å². The number of rotatable bonds is 11. The Morgan fingerprint density at radius 1 is 1.00 bits per heavy atom. The molecule has 2 rings (SSSR count). The molecule has 0 aliphatic rings. The summed E-state index contributed by atoms with van der Waals surface area (Å²) in [6.45, 7) is 0.798. The van der Waals surface area contributed by atoms with Crippen LogP contribution in [0.4, 0.5) is 0 Å². The molecule has 0 spiro atoms. The first-order valence-corrected chi connectivity index (χ1v) is 9.86. The Hall–Kier alpha value is -2.73. The smallest absolute Gasteiger partial charge is 0.200 e. The zero-order valence-electron chi connectivity index (χ0n) is 17.4. The van der Waals surface area contributed by atoms with Crippen LogP contribution in [0.5, 0.6) is 23.0 Å². The largest absolute Gasteiger partial charge is 0.508 e. The number of ether oxygens (including phenoxy) is 1. The first kappa shape index (κ1) is 22.6. The molecule has 0 amide bonds. The van der Waals surface area contributed by atoms with E-state index < -0.39 is 0 Å². The molecule has 0 bridgehead atoms. The molecule has 2 aromatic carbocycles. The van der Waals surface area contributed by atoms with Crippen LogP contribution >= 0.6 is 0 Å². The molecule has 0 atom stereocenters. The Morgan fingerprint density at radius 3 is 2.31 bits per heavy atom. The molecule has 158 valence electrons. The van der Waals surface area contributed by atoms with Gasteiger partial charge in [-0.3, -0.25) is 4.79 Å². The standard InChI is InChI=1S/C23H31NO5/c1-24(2)14-13-17-15-21(27)22(28)23(29-3)20(17)6-4-5-18(25)10-7-16-8-11-19(26)12-9-16/h8-9,11-12,15,26-28H,4-7,10,13-14H2,1-3H3. The number of hydrogen-bond donors (Lipinski definition) is 3. The number of phenolic OH excluding ortho intramolecular Hbond substituents is 3. The molecule has 2 aromatic rings. The van der Waals surface area contributed by atoms with Crippen molar-refractivity contribution in [3.05, 3.63) is 47.0 Å². The van der Waals surface area contributed by atoms with Gasteiger partial charge in [0.2, 0.25) is 5.75 Å². The SMILES string of the molecule is COc1c(O)c(O)cc(CCN(C)C)c1CCCC(=O)CCc1ccc(O)cc1. The number of nitrogens with zero attached hydrogens (tertiary/aromatic N) is 1. The van der Waals surface area contributed by atoms with Crippen LogP contribution < -0.4 is 4.74 Å². The minimum atomic E-state index is -0.255. The van der Waals surface area contributed by atoms with Gasteiger partial charge in [-0.1, -0.05) is 12.1 Å². The minimum absolute atomic E-state index is 0.176. The lowest BCUT2D eigenvalue weighted by atomic mass is 9.95. The summed E-state index contributed by atoms with van der Waals surface area (Å²) in [4.78, 5) is 14.3. The van der Waals surface area contributed by atoms with Crippen molar-refractivity contribution in [3.63, 3.8) is 0 Å². The molecule has 0 aliphatic heterocycles. The maximum absolute atomic E-state index is 12.3. The monoisotopic (exact) mass is 401 g/mol. The number of Topliss-reactive ketones (excluding diaryl/α,β-unsaturated/α-hetero) is 1. The normalized spacial score (nSPS) is 11.0. The molecule has 6 nitrogen and oxygen atoms in total. The van der Waals surface area contributed by atoms with Crippen LogP contribution in [0.1, 0.15) is 36.0 Å². The third-order valence-electron chi connectivity index (χ3n) is 4.97. The van der Waals surface area contributed by atoms with Gasteiger partial charge in [0, 0.05) is 24.9 Å². The highest BCUT2D eigenvalue weighted by molar-refractivity contribution is 5.78. The van der Waals surface area contributed by atoms with E-state index in [4.69, 9.17) is 4.74 Å². The summed E-state index contributed by atoms with van der Waals surface area (Å²) >= 11 is 0. The fraction of sp³-hybridized carbons (Fsp3) is 0.435. The van der Waals surface area contributed by atoms with Gasteiger partial charge in [-0.15, -0.1) is 0 Å². The van der Waals surface area contributed by atoms with Crippen molar-refractivity contribution in [1.82, 2.24) is 4.90 Å². The van der Waals surface area contributed by atoms with Crippen molar-refractivity contribution in [1.29, 1.82) is 0 Å². The van der Waals surface area contributed by atoms with Gasteiger partial charge in [-0.25, -0.2) is 0 Å². The van der Waals surface area contributed by atoms with E-state index in [9.17, 15) is 20.1 Å². The van der Waals surface area contributed by atoms with Crippen molar-refractivity contribution in [2.24, 2.45) is 0 Å². The van der Waals surface area contributed by atoms with Gasteiger partial charge in [0.1, 0.15) is 11.5 Å². The highest BCUT2D eigenvalue weighted by Crippen LogP contribution is 2.41. The quantitative estimate of drug-likeness (QED) is 0.500. The van der Waals surface area contributed by atoms with Crippen molar-refractivity contribution in [3.8, 4) is 23.0 Å². The number of carbonyl (C=O) groups is 1. The summed E-state index contributed by atoms with van der Waals surface area (Å²) in [6.07, 6.45) is 3.48. The fourth-order valence-corrected chi connectivity index (χ4v) is 3.32. The zero-order valence-corrected chi connectivity index (χ0v) is 17.4. The summed E-state index contributed by atoms with van der Waals surface area (Å²) in [5, 5.41) is 29.5. The van der Waals surface area contributed by atoms with Crippen LogP contribution in [0.3, 0.4) is 0 Å². The molecule has 29 heavy (non-hydrogen) atoms. The topological polar surface area (TPSA) is 90.2 Å². The summed E-state index contributed by atoms with van der Waals surface area (Å²) < 4.78 is 5.35. The predicted molar refractivity (Wildman–Crippen MR) is 113 cm³/mol. The first-order chi connectivity index (χ1) is 13.8. The van der Waals surface area contributed by atoms with Gasteiger partial charge >= 0.3 is 0 Å². The third kappa shape index (κ3) is 6.68. The summed E-state index contributed by atoms with van der Waals surface area (Å²) in [5.41, 5.74) is 2.78. The number of hydrogen-bond acceptors (Lipinski definition) is 6. The second kappa shape index (κ2) is 10.7. The molecular formula is C23H31NO5. The lowest BCUT2D eigenvalue weighted by Crippen LogP contribution is -2.16. The Morgan fingerprint density at radius 2 is 1.69 bits per heavy atom. The number of phenols is 3. The third-order valence-corrected chi connectivity index (χ3v) is 4.97. The fourth-order valence-electron chi connectivity index (χ4n) is 3.32. The Balaban J connectivity index is 1.98. The Labute approximate surface area is 172 Å². The number of ketones is 1. The van der Waals surface area contributed by atoms with Gasteiger partial charge in [0.15, 0.2) is 11.5 Å². The lowest BCUT2D eigenvalue weighted by Gasteiger charge is -2.18. The van der Waals surface area contributed by atoms with E-state index in [-0.39, 0.29) is 28.8 Å². The molecule has 0 fully saturated rings. The molecule has 6 heteroatoms. The van der Waals surface area contributed by atoms with E-state index >= 15 is 0 Å². The van der Waals surface area contributed by atoms with E-state index in [0.29, 0.717) is 38.5 Å². The van der Waals surface area contributed by atoms with Gasteiger partial charge in [-0.2, -0.15) is 0 Å². The van der Waals surface area contributed by atoms with Crippen LogP contribution in [-0.2, 0) is 24.1 Å². The highest BCUT2D eigenvalue weighted by atomic mass is 16.5. The van der Waals surface area contributed by atoms with Crippen molar-refractivity contribution in [2.45, 2.75) is 38.5 Å². The van der Waals surface area contributed by atoms with Gasteiger partial charge in [-0.05, 0) is 69.1 Å². The average molecular weight is 402 g/mol. The summed E-state index contributed by atoms with van der Waals surface area (Å²) in [7, 11) is 5.42. The van der Waals surface area contributed by atoms with E-state index in [1.165, 1.54) is 7.11 Å². The van der Waals surface area contributed by atoms with Gasteiger partial charge in [0.25, 0.3) is 0 Å². The Bertz CT molecular complexity index is 815. The molecule has 0 unspecified atom stereocenters. The molecule has 0 aromatic heterocycles. The van der Waals surface area contributed by atoms with E-state index in [2.05, 4.69) is 0 Å². The van der Waals surface area contributed by atoms with Crippen molar-refractivity contribution in [2.75, 3.05) is 27.7 Å². The number of carbonyl (C=O) groups excluding carboxylic acids is 1. The predicted octanol–water partition coefficient (Wildman–Crippen LogP) is 3.44. The number of likely N-dealkylation sites (N-methyl/N-ethyl adjacent to an activating group) is 1. The number of aryl methyl sites for hydroxylation is 1. The molecule has 3 N–H and O–H groups in total. The molecule has 0 saturated carbocycles. The van der Waals surface area contributed by atoms with E-state index in [1.54, 1.807) is 18.2 Å².